The zero-order valence-electron chi connectivity index (χ0n) is 16.9. The summed E-state index contributed by atoms with van der Waals surface area (Å²) in [5.41, 5.74) is 1.10. The molecule has 0 bridgehead atoms. The minimum absolute atomic E-state index is 0.830. The van der Waals surface area contributed by atoms with Gasteiger partial charge in [0.25, 0.3) is 0 Å². The van der Waals surface area contributed by atoms with Gasteiger partial charge in [-0.3, -0.25) is 4.79 Å². The van der Waals surface area contributed by atoms with Crippen LogP contribution in [0.3, 0.4) is 0 Å². The van der Waals surface area contributed by atoms with Gasteiger partial charge < -0.3 is 9.84 Å². The Kier molecular flexibility index (Phi) is 4.68. The van der Waals surface area contributed by atoms with E-state index in [4.69, 9.17) is 4.74 Å². The van der Waals surface area contributed by atoms with Gasteiger partial charge in [0.2, 0.25) is 0 Å². The van der Waals surface area contributed by atoms with Gasteiger partial charge in [-0.05, 0) is 22.3 Å². The smallest absolute Gasteiger partial charge is 0.313 e. The predicted molar refractivity (Wildman–Crippen MR) is 120 cm³/mol. The van der Waals surface area contributed by atoms with Crippen molar-refractivity contribution in [2.24, 2.45) is 5.92 Å². The van der Waals surface area contributed by atoms with Gasteiger partial charge in [-0.25, -0.2) is 0 Å². The quantitative estimate of drug-likeness (QED) is 0.469. The molecule has 1 aliphatic rings. The fourth-order valence-electron chi connectivity index (χ4n) is 4.93. The van der Waals surface area contributed by atoms with Crippen LogP contribution in [0.2, 0.25) is 0 Å². The molecule has 3 nitrogen and oxygen atoms in total. The average molecular weight is 406 g/mol. The maximum atomic E-state index is 13.0. The number of aliphatic carboxylic acids is 1. The third-order valence-electron chi connectivity index (χ3n) is 6.19. The van der Waals surface area contributed by atoms with Crippen LogP contribution in [-0.2, 0) is 20.7 Å². The van der Waals surface area contributed by atoms with E-state index in [9.17, 15) is 9.90 Å². The third-order valence-corrected chi connectivity index (χ3v) is 6.19. The van der Waals surface area contributed by atoms with Crippen LogP contribution in [0, 0.1) is 5.92 Å². The Morgan fingerprint density at radius 3 is 1.03 bits per heavy atom. The molecular formula is C28H22O3. The Balaban J connectivity index is 1.81. The lowest BCUT2D eigenvalue weighted by atomic mass is 9.58. The number of benzene rings is 4. The van der Waals surface area contributed by atoms with Crippen molar-refractivity contribution >= 4 is 5.97 Å². The minimum Gasteiger partial charge on any atom is -0.481 e. The predicted octanol–water partition coefficient (Wildman–Crippen LogP) is 5.61. The minimum atomic E-state index is -1.11. The normalized spacial score (nSPS) is 16.9. The number of hydrogen-bond donors (Lipinski definition) is 1. The average Bonchev–Trinajstić information content (AvgIpc) is 2.81. The lowest BCUT2D eigenvalue weighted by molar-refractivity contribution is -0.297. The first-order chi connectivity index (χ1) is 15.2. The summed E-state index contributed by atoms with van der Waals surface area (Å²) in [6, 6.07) is 38.7. The zero-order chi connectivity index (χ0) is 21.3. The van der Waals surface area contributed by atoms with E-state index in [1.807, 2.05) is 121 Å². The Labute approximate surface area is 181 Å². The van der Waals surface area contributed by atoms with Gasteiger partial charge in [0.1, 0.15) is 17.1 Å². The molecule has 0 atom stereocenters. The second kappa shape index (κ2) is 7.53. The van der Waals surface area contributed by atoms with E-state index < -0.39 is 23.1 Å². The summed E-state index contributed by atoms with van der Waals surface area (Å²) in [6.07, 6.45) is 0. The van der Waals surface area contributed by atoms with Crippen LogP contribution >= 0.6 is 0 Å². The second-order valence-electron chi connectivity index (χ2n) is 7.81. The summed E-state index contributed by atoms with van der Waals surface area (Å²) in [6.45, 7) is 0. The summed E-state index contributed by atoms with van der Waals surface area (Å²) < 4.78 is 6.95. The number of rotatable bonds is 5. The van der Waals surface area contributed by atoms with Crippen LogP contribution in [0.5, 0.6) is 0 Å². The lowest BCUT2D eigenvalue weighted by Crippen LogP contribution is -2.68. The topological polar surface area (TPSA) is 46.5 Å². The van der Waals surface area contributed by atoms with Crippen molar-refractivity contribution < 1.29 is 14.6 Å². The molecule has 0 amide bonds. The maximum absolute atomic E-state index is 13.0. The molecule has 0 saturated carbocycles. The molecule has 0 unspecified atom stereocenters. The molecule has 4 aromatic carbocycles. The van der Waals surface area contributed by atoms with Crippen LogP contribution < -0.4 is 0 Å². The molecule has 4 aromatic rings. The Morgan fingerprint density at radius 1 is 0.548 bits per heavy atom. The van der Waals surface area contributed by atoms with Crippen molar-refractivity contribution in [2.45, 2.75) is 11.2 Å². The van der Waals surface area contributed by atoms with Gasteiger partial charge in [0.05, 0.1) is 0 Å². The molecule has 0 spiro atoms. The van der Waals surface area contributed by atoms with Gasteiger partial charge in [-0.2, -0.15) is 0 Å². The van der Waals surface area contributed by atoms with Crippen molar-refractivity contribution in [1.82, 2.24) is 0 Å². The molecule has 1 fully saturated rings. The molecule has 1 heterocycles. The van der Waals surface area contributed by atoms with E-state index in [-0.39, 0.29) is 0 Å². The summed E-state index contributed by atoms with van der Waals surface area (Å²) in [7, 11) is 0. The Morgan fingerprint density at radius 2 is 0.806 bits per heavy atom. The molecular weight excluding hydrogens is 384 g/mol. The highest BCUT2D eigenvalue weighted by Crippen LogP contribution is 2.64. The van der Waals surface area contributed by atoms with Crippen molar-refractivity contribution in [3.8, 4) is 0 Å². The van der Waals surface area contributed by atoms with Crippen LogP contribution in [-0.4, -0.2) is 11.1 Å². The largest absolute Gasteiger partial charge is 0.481 e. The van der Waals surface area contributed by atoms with E-state index in [0.717, 1.165) is 22.3 Å². The fourth-order valence-corrected chi connectivity index (χ4v) is 4.93. The first kappa shape index (κ1) is 19.3. The van der Waals surface area contributed by atoms with Crippen LogP contribution in [0.4, 0.5) is 0 Å². The second-order valence-corrected chi connectivity index (χ2v) is 7.81. The molecule has 152 valence electrons. The first-order valence-electron chi connectivity index (χ1n) is 10.3. The molecule has 0 radical (unpaired) electrons. The van der Waals surface area contributed by atoms with Crippen molar-refractivity contribution in [1.29, 1.82) is 0 Å². The fraction of sp³-hybridized carbons (Fsp3) is 0.107. The molecule has 3 heteroatoms. The maximum Gasteiger partial charge on any atom is 0.313 e. The molecule has 0 aromatic heterocycles. The van der Waals surface area contributed by atoms with Gasteiger partial charge >= 0.3 is 5.97 Å². The highest BCUT2D eigenvalue weighted by molar-refractivity contribution is 5.79. The van der Waals surface area contributed by atoms with Gasteiger partial charge in [0.15, 0.2) is 0 Å². The van der Waals surface area contributed by atoms with Crippen LogP contribution in [0.25, 0.3) is 0 Å². The SMILES string of the molecule is O=C(O)C1C(c2ccccc2)(c2ccccc2)OC1(c1ccccc1)c1ccccc1. The Bertz CT molecular complexity index is 1000. The highest BCUT2D eigenvalue weighted by atomic mass is 16.6. The summed E-state index contributed by atoms with van der Waals surface area (Å²) in [4.78, 5) is 13.0. The van der Waals surface area contributed by atoms with E-state index in [1.54, 1.807) is 0 Å². The van der Waals surface area contributed by atoms with Gasteiger partial charge in [-0.1, -0.05) is 121 Å². The van der Waals surface area contributed by atoms with Crippen molar-refractivity contribution in [3.05, 3.63) is 144 Å². The number of carbonyl (C=O) groups is 1. The van der Waals surface area contributed by atoms with E-state index >= 15 is 0 Å². The molecule has 1 aliphatic heterocycles. The standard InChI is InChI=1S/C28H22O3/c29-26(30)25-27(21-13-5-1-6-14-21,22-15-7-2-8-16-22)31-28(25,23-17-9-3-10-18-23)24-19-11-4-12-20-24/h1-20,25H,(H,29,30). The molecule has 1 saturated heterocycles. The number of carboxylic acids is 1. The number of hydrogen-bond acceptors (Lipinski definition) is 2. The van der Waals surface area contributed by atoms with Gasteiger partial charge in [-0.15, -0.1) is 0 Å². The van der Waals surface area contributed by atoms with Gasteiger partial charge in [0, 0.05) is 0 Å². The van der Waals surface area contributed by atoms with E-state index in [0.29, 0.717) is 0 Å². The molecule has 0 aliphatic carbocycles. The highest BCUT2D eigenvalue weighted by Gasteiger charge is 2.71. The zero-order valence-corrected chi connectivity index (χ0v) is 16.9. The van der Waals surface area contributed by atoms with Crippen molar-refractivity contribution in [2.75, 3.05) is 0 Å². The monoisotopic (exact) mass is 406 g/mol. The van der Waals surface area contributed by atoms with E-state index in [1.165, 1.54) is 0 Å². The lowest BCUT2D eigenvalue weighted by Gasteiger charge is -2.61. The number of ether oxygens (including phenoxy) is 1. The third kappa shape index (κ3) is 2.82. The summed E-state index contributed by atoms with van der Waals surface area (Å²) in [5, 5.41) is 10.7. The van der Waals surface area contributed by atoms with Crippen molar-refractivity contribution in [3.63, 3.8) is 0 Å². The summed E-state index contributed by atoms with van der Waals surface area (Å²) in [5.74, 6) is -1.76. The van der Waals surface area contributed by atoms with E-state index in [2.05, 4.69) is 0 Å². The molecule has 1 N–H and O–H groups in total. The van der Waals surface area contributed by atoms with Crippen LogP contribution in [0.15, 0.2) is 121 Å². The van der Waals surface area contributed by atoms with Crippen LogP contribution in [0.1, 0.15) is 22.3 Å². The first-order valence-corrected chi connectivity index (χ1v) is 10.3. The number of carboxylic acid groups (broad SMARTS) is 1. The molecule has 31 heavy (non-hydrogen) atoms. The molecule has 5 rings (SSSR count). The summed E-state index contributed by atoms with van der Waals surface area (Å²) >= 11 is 0. The Hall–Kier alpha value is -3.69.